The van der Waals surface area contributed by atoms with Crippen LogP contribution in [0.25, 0.3) is 0 Å². The second-order valence-corrected chi connectivity index (χ2v) is 7.78. The molecule has 0 amide bonds. The highest BCUT2D eigenvalue weighted by molar-refractivity contribution is 7.89. The summed E-state index contributed by atoms with van der Waals surface area (Å²) in [6, 6.07) is 4.69. The molecule has 2 rings (SSSR count). The molecule has 0 spiro atoms. The fourth-order valence-corrected chi connectivity index (χ4v) is 4.23. The van der Waals surface area contributed by atoms with Crippen LogP contribution in [-0.2, 0) is 10.0 Å². The van der Waals surface area contributed by atoms with Crippen molar-refractivity contribution in [3.63, 3.8) is 0 Å². The number of thiocarbonyl (C=S) groups is 1. The number of methoxy groups -OCH3 is 1. The number of rotatable bonds is 7. The molecule has 3 N–H and O–H groups in total. The molecule has 0 unspecified atom stereocenters. The number of hydrogen-bond donors (Lipinski definition) is 3. The van der Waals surface area contributed by atoms with Gasteiger partial charge < -0.3 is 20.5 Å². The highest BCUT2D eigenvalue weighted by Crippen LogP contribution is 2.30. The first-order chi connectivity index (χ1) is 11.5. The third kappa shape index (κ3) is 4.56. The van der Waals surface area contributed by atoms with Crippen LogP contribution in [0.15, 0.2) is 23.1 Å². The SMILES string of the molecule is COc1ccc(S(=O)(=O)N2CCCC2)cc1NC(=S)NCCCO. The van der Waals surface area contributed by atoms with Crippen molar-refractivity contribution in [3.8, 4) is 5.75 Å². The third-order valence-electron chi connectivity index (χ3n) is 3.74. The van der Waals surface area contributed by atoms with Gasteiger partial charge in [0.1, 0.15) is 5.75 Å². The molecule has 1 aliphatic rings. The molecule has 0 aromatic heterocycles. The van der Waals surface area contributed by atoms with Crippen molar-refractivity contribution in [2.45, 2.75) is 24.2 Å². The summed E-state index contributed by atoms with van der Waals surface area (Å²) >= 11 is 5.18. The Morgan fingerprint density at radius 3 is 2.71 bits per heavy atom. The number of aliphatic hydroxyl groups excluding tert-OH is 1. The van der Waals surface area contributed by atoms with Crippen molar-refractivity contribution in [2.24, 2.45) is 0 Å². The highest BCUT2D eigenvalue weighted by Gasteiger charge is 2.27. The van der Waals surface area contributed by atoms with Crippen molar-refractivity contribution in [1.29, 1.82) is 0 Å². The quantitative estimate of drug-likeness (QED) is 0.488. The van der Waals surface area contributed by atoms with Crippen LogP contribution < -0.4 is 15.4 Å². The van der Waals surface area contributed by atoms with Gasteiger partial charge in [0.25, 0.3) is 0 Å². The van der Waals surface area contributed by atoms with Crippen molar-refractivity contribution in [1.82, 2.24) is 9.62 Å². The summed E-state index contributed by atoms with van der Waals surface area (Å²) in [4.78, 5) is 0.214. The van der Waals surface area contributed by atoms with Crippen molar-refractivity contribution < 1.29 is 18.3 Å². The smallest absolute Gasteiger partial charge is 0.243 e. The van der Waals surface area contributed by atoms with E-state index in [4.69, 9.17) is 22.1 Å². The Bertz CT molecular complexity index is 673. The average molecular weight is 374 g/mol. The summed E-state index contributed by atoms with van der Waals surface area (Å²) in [6.45, 7) is 1.70. The number of benzene rings is 1. The first kappa shape index (κ1) is 18.9. The van der Waals surface area contributed by atoms with Crippen molar-refractivity contribution in [2.75, 3.05) is 38.7 Å². The summed E-state index contributed by atoms with van der Waals surface area (Å²) in [7, 11) is -1.99. The minimum absolute atomic E-state index is 0.0719. The summed E-state index contributed by atoms with van der Waals surface area (Å²) in [5, 5.41) is 15.0. The molecule has 1 aromatic carbocycles. The van der Waals surface area contributed by atoms with Gasteiger partial charge >= 0.3 is 0 Å². The van der Waals surface area contributed by atoms with E-state index in [2.05, 4.69) is 10.6 Å². The number of nitrogens with one attached hydrogen (secondary N) is 2. The van der Waals surface area contributed by atoms with Crippen LogP contribution in [0.5, 0.6) is 5.75 Å². The third-order valence-corrected chi connectivity index (χ3v) is 5.88. The van der Waals surface area contributed by atoms with Gasteiger partial charge in [0.2, 0.25) is 10.0 Å². The lowest BCUT2D eigenvalue weighted by Crippen LogP contribution is -2.30. The number of nitrogens with zero attached hydrogens (tertiary/aromatic N) is 1. The van der Waals surface area contributed by atoms with Gasteiger partial charge in [-0.15, -0.1) is 0 Å². The number of anilines is 1. The predicted octanol–water partition coefficient (Wildman–Crippen LogP) is 1.15. The van der Waals surface area contributed by atoms with Gasteiger partial charge in [-0.05, 0) is 49.7 Å². The second-order valence-electron chi connectivity index (χ2n) is 5.43. The van der Waals surface area contributed by atoms with Crippen LogP contribution in [0.2, 0.25) is 0 Å². The number of sulfonamides is 1. The lowest BCUT2D eigenvalue weighted by Gasteiger charge is -2.18. The molecule has 134 valence electrons. The minimum Gasteiger partial charge on any atom is -0.495 e. The van der Waals surface area contributed by atoms with Gasteiger partial charge in [0, 0.05) is 26.2 Å². The van der Waals surface area contributed by atoms with Crippen molar-refractivity contribution in [3.05, 3.63) is 18.2 Å². The van der Waals surface area contributed by atoms with Gasteiger partial charge in [-0.25, -0.2) is 8.42 Å². The van der Waals surface area contributed by atoms with Crippen LogP contribution in [0.4, 0.5) is 5.69 Å². The molecule has 1 fully saturated rings. The second kappa shape index (κ2) is 8.61. The van der Waals surface area contributed by atoms with E-state index in [1.165, 1.54) is 17.5 Å². The van der Waals surface area contributed by atoms with E-state index in [0.29, 0.717) is 42.6 Å². The molecule has 7 nitrogen and oxygen atoms in total. The summed E-state index contributed by atoms with van der Waals surface area (Å²) in [5.41, 5.74) is 0.485. The minimum atomic E-state index is -3.50. The fraction of sp³-hybridized carbons (Fsp3) is 0.533. The Morgan fingerprint density at radius 1 is 1.38 bits per heavy atom. The van der Waals surface area contributed by atoms with E-state index in [1.54, 1.807) is 12.1 Å². The Balaban J connectivity index is 2.19. The molecule has 0 atom stereocenters. The van der Waals surface area contributed by atoms with E-state index in [9.17, 15) is 8.42 Å². The van der Waals surface area contributed by atoms with E-state index in [0.717, 1.165) is 12.8 Å². The maximum absolute atomic E-state index is 12.7. The molecule has 1 aliphatic heterocycles. The molecule has 1 saturated heterocycles. The van der Waals surface area contributed by atoms with Gasteiger partial charge in [-0.1, -0.05) is 0 Å². The van der Waals surface area contributed by atoms with Gasteiger partial charge in [0.15, 0.2) is 5.11 Å². The Morgan fingerprint density at radius 2 is 2.08 bits per heavy atom. The summed E-state index contributed by atoms with van der Waals surface area (Å²) in [6.07, 6.45) is 2.35. The largest absolute Gasteiger partial charge is 0.495 e. The maximum Gasteiger partial charge on any atom is 0.243 e. The van der Waals surface area contributed by atoms with Gasteiger partial charge in [-0.3, -0.25) is 0 Å². The van der Waals surface area contributed by atoms with E-state index >= 15 is 0 Å². The average Bonchev–Trinajstić information content (AvgIpc) is 3.10. The fourth-order valence-electron chi connectivity index (χ4n) is 2.47. The molecule has 0 aliphatic carbocycles. The summed E-state index contributed by atoms with van der Waals surface area (Å²) in [5.74, 6) is 0.502. The van der Waals surface area contributed by atoms with Crippen LogP contribution in [0.3, 0.4) is 0 Å². The van der Waals surface area contributed by atoms with Gasteiger partial charge in [0.05, 0.1) is 17.7 Å². The van der Waals surface area contributed by atoms with E-state index in [-0.39, 0.29) is 11.5 Å². The normalized spacial score (nSPS) is 15.2. The zero-order valence-electron chi connectivity index (χ0n) is 13.6. The lowest BCUT2D eigenvalue weighted by molar-refractivity contribution is 0.289. The zero-order chi connectivity index (χ0) is 17.6. The molecule has 24 heavy (non-hydrogen) atoms. The highest BCUT2D eigenvalue weighted by atomic mass is 32.2. The zero-order valence-corrected chi connectivity index (χ0v) is 15.3. The first-order valence-corrected chi connectivity index (χ1v) is 9.68. The number of hydrogen-bond acceptors (Lipinski definition) is 5. The molecular weight excluding hydrogens is 350 g/mol. The molecule has 1 aromatic rings. The Labute approximate surface area is 148 Å². The van der Waals surface area contributed by atoms with E-state index < -0.39 is 10.0 Å². The van der Waals surface area contributed by atoms with Crippen LogP contribution in [-0.4, -0.2) is 56.3 Å². The molecule has 1 heterocycles. The summed E-state index contributed by atoms with van der Waals surface area (Å²) < 4.78 is 32.1. The maximum atomic E-state index is 12.7. The topological polar surface area (TPSA) is 90.9 Å². The van der Waals surface area contributed by atoms with Crippen molar-refractivity contribution >= 4 is 33.0 Å². The monoisotopic (exact) mass is 373 g/mol. The van der Waals surface area contributed by atoms with Crippen LogP contribution in [0.1, 0.15) is 19.3 Å². The molecule has 0 bridgehead atoms. The molecular formula is C15H23N3O4S2. The van der Waals surface area contributed by atoms with Gasteiger partial charge in [-0.2, -0.15) is 4.31 Å². The van der Waals surface area contributed by atoms with E-state index in [1.807, 2.05) is 0 Å². The number of aliphatic hydroxyl groups is 1. The Kier molecular flexibility index (Phi) is 6.79. The standard InChI is InChI=1S/C15H23N3O4S2/c1-22-14-6-5-12(24(20,21)18-8-2-3-9-18)11-13(14)17-15(23)16-7-4-10-19/h5-6,11,19H,2-4,7-10H2,1H3,(H2,16,17,23). The number of ether oxygens (including phenoxy) is 1. The Hall–Kier alpha value is -1.42. The predicted molar refractivity (Wildman–Crippen MR) is 96.9 cm³/mol. The lowest BCUT2D eigenvalue weighted by atomic mass is 10.3. The first-order valence-electron chi connectivity index (χ1n) is 7.83. The van der Waals surface area contributed by atoms with Crippen LogP contribution >= 0.6 is 12.2 Å². The van der Waals surface area contributed by atoms with Crippen LogP contribution in [0, 0.1) is 0 Å². The molecule has 9 heteroatoms. The molecule has 0 saturated carbocycles. The molecule has 0 radical (unpaired) electrons.